The third-order valence-corrected chi connectivity index (χ3v) is 7.87. The minimum absolute atomic E-state index is 0.219. The van der Waals surface area contributed by atoms with Gasteiger partial charge in [0.1, 0.15) is 17.4 Å². The predicted octanol–water partition coefficient (Wildman–Crippen LogP) is 7.76. The third kappa shape index (κ3) is 5.24. The van der Waals surface area contributed by atoms with Gasteiger partial charge in [-0.1, -0.05) is 43.7 Å². The second-order valence-corrected chi connectivity index (χ2v) is 11.3. The van der Waals surface area contributed by atoms with Crippen molar-refractivity contribution in [2.75, 3.05) is 7.11 Å². The quantitative estimate of drug-likeness (QED) is 0.158. The van der Waals surface area contributed by atoms with Crippen molar-refractivity contribution in [1.82, 2.24) is 19.1 Å². The van der Waals surface area contributed by atoms with Gasteiger partial charge >= 0.3 is 5.97 Å². The second-order valence-electron chi connectivity index (χ2n) is 11.3. The number of aromatic hydroxyl groups is 1. The summed E-state index contributed by atoms with van der Waals surface area (Å²) in [5.74, 6) is 1.91. The molecule has 7 nitrogen and oxygen atoms in total. The van der Waals surface area contributed by atoms with Crippen molar-refractivity contribution >= 4 is 28.0 Å². The topological polar surface area (TPSA) is 82.2 Å². The lowest BCUT2D eigenvalue weighted by Gasteiger charge is -2.17. The van der Waals surface area contributed by atoms with E-state index in [4.69, 9.17) is 14.7 Å². The lowest BCUT2D eigenvalue weighted by Crippen LogP contribution is -2.08. The Morgan fingerprint density at radius 3 is 2.56 bits per heavy atom. The molecule has 3 aromatic carbocycles. The summed E-state index contributed by atoms with van der Waals surface area (Å²) in [7, 11) is 1.39. The van der Waals surface area contributed by atoms with Gasteiger partial charge in [-0.2, -0.15) is 0 Å². The number of fused-ring (bicyclic) bond motifs is 2. The highest BCUT2D eigenvalue weighted by Gasteiger charge is 2.22. The Hall–Kier alpha value is -4.39. The predicted molar refractivity (Wildman–Crippen MR) is 163 cm³/mol. The number of phenols is 1. The molecule has 0 aliphatic heterocycles. The molecule has 0 atom stereocenters. The maximum absolute atomic E-state index is 12.3. The first-order valence-electron chi connectivity index (χ1n) is 14.5. The highest BCUT2D eigenvalue weighted by atomic mass is 16.5. The molecule has 7 heteroatoms. The van der Waals surface area contributed by atoms with Crippen LogP contribution in [-0.2, 0) is 17.8 Å². The fraction of sp³-hybridized carbons (Fsp3) is 0.324. The van der Waals surface area contributed by atoms with Crippen molar-refractivity contribution in [1.29, 1.82) is 0 Å². The molecule has 1 aliphatic rings. The van der Waals surface area contributed by atoms with Crippen LogP contribution in [0.2, 0.25) is 0 Å². The minimum Gasteiger partial charge on any atom is -0.508 e. The summed E-state index contributed by atoms with van der Waals surface area (Å²) < 4.78 is 9.52. The number of imidazole rings is 2. The molecule has 0 fully saturated rings. The van der Waals surface area contributed by atoms with E-state index in [2.05, 4.69) is 35.1 Å². The van der Waals surface area contributed by atoms with Crippen molar-refractivity contribution in [3.05, 3.63) is 77.9 Å². The van der Waals surface area contributed by atoms with Crippen LogP contribution in [0, 0.1) is 5.92 Å². The number of benzene rings is 3. The summed E-state index contributed by atoms with van der Waals surface area (Å²) in [5, 5.41) is 10.3. The van der Waals surface area contributed by atoms with Crippen LogP contribution in [0.3, 0.4) is 0 Å². The molecular weight excluding hydrogens is 512 g/mol. The summed E-state index contributed by atoms with van der Waals surface area (Å²) in [6, 6.07) is 19.1. The number of rotatable bonds is 8. The number of ether oxygens (including phenoxy) is 1. The van der Waals surface area contributed by atoms with Crippen molar-refractivity contribution < 1.29 is 14.6 Å². The van der Waals surface area contributed by atoms with Crippen LogP contribution in [0.1, 0.15) is 56.3 Å². The van der Waals surface area contributed by atoms with Gasteiger partial charge in [0.25, 0.3) is 0 Å². The molecule has 0 amide bonds. The van der Waals surface area contributed by atoms with Crippen molar-refractivity contribution in [2.24, 2.45) is 5.92 Å². The average molecular weight is 549 g/mol. The number of aryl methyl sites for hydroxylation is 1. The highest BCUT2D eigenvalue weighted by molar-refractivity contribution is 5.97. The molecule has 6 rings (SSSR count). The van der Waals surface area contributed by atoms with E-state index in [1.807, 2.05) is 36.4 Å². The molecule has 210 valence electrons. The van der Waals surface area contributed by atoms with Crippen molar-refractivity contribution in [3.63, 3.8) is 0 Å². The summed E-state index contributed by atoms with van der Waals surface area (Å²) in [5.41, 5.74) is 7.50. The van der Waals surface area contributed by atoms with E-state index in [1.165, 1.54) is 25.5 Å². The van der Waals surface area contributed by atoms with Crippen molar-refractivity contribution in [2.45, 2.75) is 59.0 Å². The number of esters is 1. The Morgan fingerprint density at radius 1 is 0.976 bits per heavy atom. The Morgan fingerprint density at radius 2 is 1.80 bits per heavy atom. The molecule has 0 radical (unpaired) electrons. The number of phenolic OH excluding ortho intramolecular Hbond substituents is 1. The maximum atomic E-state index is 12.3. The number of carbonyl (C=O) groups is 1. The third-order valence-electron chi connectivity index (χ3n) is 7.87. The average Bonchev–Trinajstić information content (AvgIpc) is 3.54. The number of aromatic nitrogens is 4. The number of hydrogen-bond acceptors (Lipinski definition) is 5. The minimum atomic E-state index is -0.375. The number of para-hydroxylation sites is 1. The maximum Gasteiger partial charge on any atom is 0.337 e. The van der Waals surface area contributed by atoms with Gasteiger partial charge in [-0.05, 0) is 80.5 Å². The fourth-order valence-corrected chi connectivity index (χ4v) is 5.97. The summed E-state index contributed by atoms with van der Waals surface area (Å²) >= 11 is 0. The van der Waals surface area contributed by atoms with E-state index in [0.717, 1.165) is 77.2 Å². The van der Waals surface area contributed by atoms with E-state index in [-0.39, 0.29) is 11.7 Å². The molecule has 0 saturated carbocycles. The monoisotopic (exact) mass is 548 g/mol. The smallest absolute Gasteiger partial charge is 0.337 e. The van der Waals surface area contributed by atoms with Gasteiger partial charge in [-0.3, -0.25) is 0 Å². The van der Waals surface area contributed by atoms with Gasteiger partial charge in [0.05, 0.1) is 34.7 Å². The molecule has 0 saturated heterocycles. The molecule has 5 aromatic rings. The van der Waals surface area contributed by atoms with E-state index in [9.17, 15) is 9.90 Å². The number of hydrogen-bond donors (Lipinski definition) is 1. The highest BCUT2D eigenvalue weighted by Crippen LogP contribution is 2.36. The van der Waals surface area contributed by atoms with Crippen LogP contribution in [0.4, 0.5) is 0 Å². The zero-order chi connectivity index (χ0) is 28.5. The standard InChI is InChI=1S/C34H36N4O3/c1-22(2)21-38-30-16-15-25(34(40)41-3)20-29(30)36-33(38)27-13-8-14-28-31(27)37(18-17-23-9-5-4-6-10-23)32(35-28)24-11-7-12-26(39)19-24/h7-9,11-16,19-20,22,39H,4-6,10,17-18,21H2,1-3H3. The molecule has 2 heterocycles. The Bertz CT molecular complexity index is 1780. The SMILES string of the molecule is COC(=O)c1ccc2c(c1)nc(-c1cccc3nc(-c4cccc(O)c4)n(CCC4=CCCCC4)c13)n2CC(C)C. The molecular formula is C34H36N4O3. The Labute approximate surface area is 240 Å². The molecule has 1 aliphatic carbocycles. The molecule has 0 bridgehead atoms. The van der Waals surface area contributed by atoms with Gasteiger partial charge in [0, 0.05) is 24.2 Å². The van der Waals surface area contributed by atoms with Crippen LogP contribution < -0.4 is 0 Å². The lowest BCUT2D eigenvalue weighted by molar-refractivity contribution is 0.0601. The van der Waals surface area contributed by atoms with Gasteiger partial charge in [-0.15, -0.1) is 0 Å². The first-order valence-corrected chi connectivity index (χ1v) is 14.5. The summed E-state index contributed by atoms with van der Waals surface area (Å²) in [4.78, 5) is 22.5. The van der Waals surface area contributed by atoms with Crippen LogP contribution in [0.5, 0.6) is 5.75 Å². The van der Waals surface area contributed by atoms with Crippen LogP contribution in [0.15, 0.2) is 72.3 Å². The van der Waals surface area contributed by atoms with Gasteiger partial charge in [-0.25, -0.2) is 14.8 Å². The fourth-order valence-electron chi connectivity index (χ4n) is 5.97. The van der Waals surface area contributed by atoms with Gasteiger partial charge < -0.3 is 19.0 Å². The molecule has 2 aromatic heterocycles. The van der Waals surface area contributed by atoms with Crippen molar-refractivity contribution in [3.8, 4) is 28.5 Å². The lowest BCUT2D eigenvalue weighted by atomic mass is 9.97. The zero-order valence-corrected chi connectivity index (χ0v) is 23.9. The van der Waals surface area contributed by atoms with Crippen LogP contribution >= 0.6 is 0 Å². The Kier molecular flexibility index (Phi) is 7.35. The number of methoxy groups -OCH3 is 1. The molecule has 41 heavy (non-hydrogen) atoms. The second kappa shape index (κ2) is 11.2. The first-order chi connectivity index (χ1) is 19.9. The molecule has 0 unspecified atom stereocenters. The number of allylic oxidation sites excluding steroid dienone is 2. The van der Waals surface area contributed by atoms with Crippen LogP contribution in [-0.4, -0.2) is 37.3 Å². The molecule has 0 spiro atoms. The zero-order valence-electron chi connectivity index (χ0n) is 23.9. The summed E-state index contributed by atoms with van der Waals surface area (Å²) in [6.07, 6.45) is 8.16. The normalized spacial score (nSPS) is 13.7. The van der Waals surface area contributed by atoms with Gasteiger partial charge in [0.2, 0.25) is 0 Å². The van der Waals surface area contributed by atoms with E-state index in [1.54, 1.807) is 18.2 Å². The Balaban J connectivity index is 1.57. The largest absolute Gasteiger partial charge is 0.508 e. The van der Waals surface area contributed by atoms with E-state index in [0.29, 0.717) is 11.5 Å². The van der Waals surface area contributed by atoms with Crippen LogP contribution in [0.25, 0.3) is 44.8 Å². The number of carbonyl (C=O) groups excluding carboxylic acids is 1. The molecule has 1 N–H and O–H groups in total. The number of nitrogens with zero attached hydrogens (tertiary/aromatic N) is 4. The first kappa shape index (κ1) is 26.8. The summed E-state index contributed by atoms with van der Waals surface area (Å²) in [6.45, 7) is 5.95. The van der Waals surface area contributed by atoms with Gasteiger partial charge in [0.15, 0.2) is 0 Å². The van der Waals surface area contributed by atoms with E-state index < -0.39 is 0 Å². The van der Waals surface area contributed by atoms with E-state index >= 15 is 0 Å².